The van der Waals surface area contributed by atoms with Crippen molar-refractivity contribution in [2.75, 3.05) is 26.2 Å². The lowest BCUT2D eigenvalue weighted by atomic mass is 10.1. The van der Waals surface area contributed by atoms with Crippen molar-refractivity contribution in [3.05, 3.63) is 59.9 Å². The standard InChI is InChI=1S/C26H32N4O4/c1-5-7-13-21(31)30-15-14-29(17-18(30)3)25(32)23-22(26(33)34-16-6-2)19(4)27-24(28-23)20-11-9-8-10-12-20/h6,8-12,18H,2,5,7,13-17H2,1,3-4H3. The van der Waals surface area contributed by atoms with Crippen LogP contribution in [0.15, 0.2) is 43.0 Å². The number of hydrogen-bond acceptors (Lipinski definition) is 6. The number of amides is 2. The van der Waals surface area contributed by atoms with Gasteiger partial charge in [0.25, 0.3) is 5.91 Å². The maximum Gasteiger partial charge on any atom is 0.342 e. The Morgan fingerprint density at radius 1 is 1.18 bits per heavy atom. The van der Waals surface area contributed by atoms with Crippen LogP contribution >= 0.6 is 0 Å². The Balaban J connectivity index is 1.92. The number of unbranched alkanes of at least 4 members (excludes halogenated alkanes) is 1. The van der Waals surface area contributed by atoms with Crippen LogP contribution in [0.2, 0.25) is 0 Å². The van der Waals surface area contributed by atoms with Crippen molar-refractivity contribution in [3.8, 4) is 11.4 Å². The molecule has 0 aliphatic carbocycles. The van der Waals surface area contributed by atoms with Crippen LogP contribution in [-0.4, -0.2) is 69.8 Å². The molecule has 34 heavy (non-hydrogen) atoms. The largest absolute Gasteiger partial charge is 0.458 e. The number of benzene rings is 1. The molecule has 0 saturated carbocycles. The van der Waals surface area contributed by atoms with Gasteiger partial charge in [0.05, 0.1) is 5.69 Å². The van der Waals surface area contributed by atoms with Crippen molar-refractivity contribution in [3.63, 3.8) is 0 Å². The summed E-state index contributed by atoms with van der Waals surface area (Å²) in [6, 6.07) is 9.17. The molecular weight excluding hydrogens is 432 g/mol. The van der Waals surface area contributed by atoms with Crippen molar-refractivity contribution in [2.24, 2.45) is 0 Å². The summed E-state index contributed by atoms with van der Waals surface area (Å²) in [5.41, 5.74) is 1.18. The van der Waals surface area contributed by atoms with E-state index in [4.69, 9.17) is 4.74 Å². The first-order valence-electron chi connectivity index (χ1n) is 11.7. The molecule has 180 valence electrons. The van der Waals surface area contributed by atoms with Gasteiger partial charge < -0.3 is 14.5 Å². The molecule has 1 saturated heterocycles. The normalized spacial score (nSPS) is 15.7. The summed E-state index contributed by atoms with van der Waals surface area (Å²) in [6.07, 6.45) is 3.79. The van der Waals surface area contributed by atoms with Crippen molar-refractivity contribution in [1.29, 1.82) is 0 Å². The van der Waals surface area contributed by atoms with Crippen LogP contribution in [0.25, 0.3) is 11.4 Å². The maximum atomic E-state index is 13.6. The molecular formula is C26H32N4O4. The predicted molar refractivity (Wildman–Crippen MR) is 129 cm³/mol. The minimum absolute atomic E-state index is 0.0124. The van der Waals surface area contributed by atoms with Crippen LogP contribution in [0.3, 0.4) is 0 Å². The molecule has 0 radical (unpaired) electrons. The Morgan fingerprint density at radius 3 is 2.56 bits per heavy atom. The first kappa shape index (κ1) is 25.1. The number of hydrogen-bond donors (Lipinski definition) is 0. The number of carbonyl (C=O) groups is 3. The van der Waals surface area contributed by atoms with Gasteiger partial charge in [0.2, 0.25) is 5.91 Å². The number of piperazine rings is 1. The number of aryl methyl sites for hydroxylation is 1. The van der Waals surface area contributed by atoms with Crippen LogP contribution in [0.1, 0.15) is 59.7 Å². The average Bonchev–Trinajstić information content (AvgIpc) is 2.85. The van der Waals surface area contributed by atoms with Crippen molar-refractivity contribution in [1.82, 2.24) is 19.8 Å². The summed E-state index contributed by atoms with van der Waals surface area (Å²) in [5, 5.41) is 0. The van der Waals surface area contributed by atoms with Crippen LogP contribution in [0, 0.1) is 6.92 Å². The lowest BCUT2D eigenvalue weighted by molar-refractivity contribution is -0.135. The van der Waals surface area contributed by atoms with Gasteiger partial charge >= 0.3 is 5.97 Å². The molecule has 0 bridgehead atoms. The molecule has 2 amide bonds. The zero-order valence-electron chi connectivity index (χ0n) is 20.1. The molecule has 2 heterocycles. The quantitative estimate of drug-likeness (QED) is 0.437. The van der Waals surface area contributed by atoms with E-state index >= 15 is 0 Å². The Kier molecular flexibility index (Phi) is 8.51. The third kappa shape index (κ3) is 5.68. The van der Waals surface area contributed by atoms with E-state index in [-0.39, 0.29) is 35.7 Å². The van der Waals surface area contributed by atoms with Crippen LogP contribution in [0.5, 0.6) is 0 Å². The first-order valence-corrected chi connectivity index (χ1v) is 11.7. The monoisotopic (exact) mass is 464 g/mol. The lowest BCUT2D eigenvalue weighted by Crippen LogP contribution is -2.55. The lowest BCUT2D eigenvalue weighted by Gasteiger charge is -2.40. The van der Waals surface area contributed by atoms with Gasteiger partial charge in [-0.3, -0.25) is 9.59 Å². The summed E-state index contributed by atoms with van der Waals surface area (Å²) in [7, 11) is 0. The summed E-state index contributed by atoms with van der Waals surface area (Å²) >= 11 is 0. The van der Waals surface area contributed by atoms with Gasteiger partial charge in [-0.2, -0.15) is 0 Å². The minimum Gasteiger partial charge on any atom is -0.458 e. The molecule has 1 unspecified atom stereocenters. The van der Waals surface area contributed by atoms with E-state index in [2.05, 4.69) is 23.5 Å². The molecule has 1 aliphatic rings. The Hall–Kier alpha value is -3.55. The molecule has 2 aromatic rings. The van der Waals surface area contributed by atoms with E-state index in [0.29, 0.717) is 37.6 Å². The Labute approximate surface area is 200 Å². The van der Waals surface area contributed by atoms with E-state index in [9.17, 15) is 14.4 Å². The van der Waals surface area contributed by atoms with Gasteiger partial charge in [0.15, 0.2) is 5.82 Å². The number of ether oxygens (including phenoxy) is 1. The molecule has 1 aromatic heterocycles. The minimum atomic E-state index is -0.665. The van der Waals surface area contributed by atoms with Gasteiger partial charge in [-0.1, -0.05) is 56.3 Å². The molecule has 1 aliphatic heterocycles. The predicted octanol–water partition coefficient (Wildman–Crippen LogP) is 3.66. The fraction of sp³-hybridized carbons (Fsp3) is 0.423. The topological polar surface area (TPSA) is 92.7 Å². The summed E-state index contributed by atoms with van der Waals surface area (Å²) < 4.78 is 5.23. The highest BCUT2D eigenvalue weighted by Crippen LogP contribution is 2.23. The zero-order chi connectivity index (χ0) is 24.7. The van der Waals surface area contributed by atoms with Crippen LogP contribution in [-0.2, 0) is 9.53 Å². The van der Waals surface area contributed by atoms with E-state index in [1.165, 1.54) is 6.08 Å². The molecule has 8 nitrogen and oxygen atoms in total. The first-order chi connectivity index (χ1) is 16.4. The maximum absolute atomic E-state index is 13.6. The van der Waals surface area contributed by atoms with Gasteiger partial charge in [0.1, 0.15) is 17.9 Å². The number of rotatable bonds is 8. The molecule has 0 spiro atoms. The Bertz CT molecular complexity index is 1050. The van der Waals surface area contributed by atoms with E-state index in [1.807, 2.05) is 42.2 Å². The van der Waals surface area contributed by atoms with Crippen molar-refractivity contribution >= 4 is 17.8 Å². The second-order valence-corrected chi connectivity index (χ2v) is 8.40. The van der Waals surface area contributed by atoms with Gasteiger partial charge in [-0.25, -0.2) is 14.8 Å². The van der Waals surface area contributed by atoms with Gasteiger partial charge in [-0.05, 0) is 20.3 Å². The number of aromatic nitrogens is 2. The highest BCUT2D eigenvalue weighted by atomic mass is 16.5. The molecule has 8 heteroatoms. The molecule has 1 fully saturated rings. The van der Waals surface area contributed by atoms with Gasteiger partial charge in [-0.15, -0.1) is 0 Å². The number of carbonyl (C=O) groups excluding carboxylic acids is 3. The van der Waals surface area contributed by atoms with E-state index < -0.39 is 5.97 Å². The van der Waals surface area contributed by atoms with Crippen molar-refractivity contribution < 1.29 is 19.1 Å². The zero-order valence-corrected chi connectivity index (χ0v) is 20.1. The summed E-state index contributed by atoms with van der Waals surface area (Å²) in [5.74, 6) is -0.565. The van der Waals surface area contributed by atoms with E-state index in [0.717, 1.165) is 18.4 Å². The SMILES string of the molecule is C=CCOC(=O)c1c(C)nc(-c2ccccc2)nc1C(=O)N1CCN(C(=O)CCCC)C(C)C1. The summed E-state index contributed by atoms with van der Waals surface area (Å²) in [4.78, 5) is 51.5. The van der Waals surface area contributed by atoms with E-state index in [1.54, 1.807) is 11.8 Å². The molecule has 3 rings (SSSR count). The number of esters is 1. The average molecular weight is 465 g/mol. The second-order valence-electron chi connectivity index (χ2n) is 8.40. The molecule has 0 N–H and O–H groups in total. The van der Waals surface area contributed by atoms with Crippen LogP contribution < -0.4 is 0 Å². The fourth-order valence-corrected chi connectivity index (χ4v) is 4.03. The molecule has 1 aromatic carbocycles. The summed E-state index contributed by atoms with van der Waals surface area (Å²) in [6.45, 7) is 10.4. The fourth-order valence-electron chi connectivity index (χ4n) is 4.03. The number of nitrogens with zero attached hydrogens (tertiary/aromatic N) is 4. The van der Waals surface area contributed by atoms with Crippen LogP contribution in [0.4, 0.5) is 0 Å². The molecule has 1 atom stereocenters. The Morgan fingerprint density at radius 2 is 1.91 bits per heavy atom. The highest BCUT2D eigenvalue weighted by Gasteiger charge is 2.33. The van der Waals surface area contributed by atoms with Crippen molar-refractivity contribution in [2.45, 2.75) is 46.1 Å². The third-order valence-electron chi connectivity index (χ3n) is 5.84. The van der Waals surface area contributed by atoms with Gasteiger partial charge in [0, 0.05) is 37.7 Å². The second kappa shape index (κ2) is 11.5. The third-order valence-corrected chi connectivity index (χ3v) is 5.84. The highest BCUT2D eigenvalue weighted by molar-refractivity contribution is 6.05. The smallest absolute Gasteiger partial charge is 0.342 e.